The Kier molecular flexibility index (Phi) is 6.12. The smallest absolute Gasteiger partial charge is 0.185 e. The number of hydrazine groups is 1. The van der Waals surface area contributed by atoms with E-state index in [4.69, 9.17) is 16.2 Å². The van der Waals surface area contributed by atoms with Gasteiger partial charge in [-0.25, -0.2) is 10.1 Å². The van der Waals surface area contributed by atoms with Crippen LogP contribution in [0.15, 0.2) is 0 Å². The maximum atomic E-state index is 10.0. The standard InChI is InChI=1S/C6H15N5O3/c7-6(8)9-3-1-2-5(4-12)10-11(13)14/h5,10,12H,1-4H2,(H4,7,8,9). The Hall–Kier alpha value is -1.57. The van der Waals surface area contributed by atoms with E-state index in [9.17, 15) is 10.1 Å². The van der Waals surface area contributed by atoms with Gasteiger partial charge in [-0.2, -0.15) is 0 Å². The second kappa shape index (κ2) is 6.89. The minimum atomic E-state index is -0.681. The van der Waals surface area contributed by atoms with Crippen molar-refractivity contribution < 1.29 is 10.1 Å². The van der Waals surface area contributed by atoms with Gasteiger partial charge in [0.25, 0.3) is 0 Å². The van der Waals surface area contributed by atoms with Crippen LogP contribution in [0.4, 0.5) is 0 Å². The Balaban J connectivity index is 3.52. The van der Waals surface area contributed by atoms with Gasteiger partial charge in [0.15, 0.2) is 11.0 Å². The van der Waals surface area contributed by atoms with Gasteiger partial charge in [-0.1, -0.05) is 0 Å². The lowest BCUT2D eigenvalue weighted by atomic mass is 10.2. The Morgan fingerprint density at radius 3 is 2.79 bits per heavy atom. The number of nitrogens with zero attached hydrogens (tertiary/aromatic N) is 1. The molecular weight excluding hydrogens is 190 g/mol. The average molecular weight is 205 g/mol. The molecule has 14 heavy (non-hydrogen) atoms. The lowest BCUT2D eigenvalue weighted by Crippen LogP contribution is -2.38. The molecule has 8 heteroatoms. The molecule has 82 valence electrons. The zero-order valence-corrected chi connectivity index (χ0v) is 7.69. The van der Waals surface area contributed by atoms with Gasteiger partial charge in [0.2, 0.25) is 0 Å². The number of nitrogens with one attached hydrogen (secondary N) is 3. The molecule has 0 aromatic carbocycles. The molecule has 0 aromatic rings. The molecule has 0 aliphatic rings. The average Bonchev–Trinajstić information content (AvgIpc) is 2.09. The molecule has 0 rings (SSSR count). The highest BCUT2D eigenvalue weighted by atomic mass is 16.7. The molecule has 8 nitrogen and oxygen atoms in total. The minimum absolute atomic E-state index is 0.132. The molecule has 1 unspecified atom stereocenters. The first kappa shape index (κ1) is 12.4. The van der Waals surface area contributed by atoms with Crippen molar-refractivity contribution in [3.8, 4) is 0 Å². The fraction of sp³-hybridized carbons (Fsp3) is 0.833. The van der Waals surface area contributed by atoms with Crippen LogP contribution in [0.5, 0.6) is 0 Å². The van der Waals surface area contributed by atoms with E-state index in [0.29, 0.717) is 19.4 Å². The monoisotopic (exact) mass is 205 g/mol. The lowest BCUT2D eigenvalue weighted by molar-refractivity contribution is -0.551. The van der Waals surface area contributed by atoms with Crippen molar-refractivity contribution in [2.24, 2.45) is 5.73 Å². The predicted octanol–water partition coefficient (Wildman–Crippen LogP) is -1.61. The van der Waals surface area contributed by atoms with Crippen LogP contribution in [0.25, 0.3) is 0 Å². The number of aliphatic hydroxyl groups is 1. The summed E-state index contributed by atoms with van der Waals surface area (Å²) in [4.78, 5) is 10.0. The Morgan fingerprint density at radius 1 is 1.71 bits per heavy atom. The summed E-state index contributed by atoms with van der Waals surface area (Å²) in [5.74, 6) is -0.132. The van der Waals surface area contributed by atoms with E-state index >= 15 is 0 Å². The fourth-order valence-corrected chi connectivity index (χ4v) is 0.917. The Bertz CT molecular complexity index is 198. The molecule has 0 fully saturated rings. The van der Waals surface area contributed by atoms with Crippen molar-refractivity contribution in [1.82, 2.24) is 10.7 Å². The van der Waals surface area contributed by atoms with Crippen molar-refractivity contribution in [2.75, 3.05) is 13.2 Å². The van der Waals surface area contributed by atoms with Crippen LogP contribution < -0.4 is 16.5 Å². The fourth-order valence-electron chi connectivity index (χ4n) is 0.917. The molecule has 0 heterocycles. The molecule has 0 aromatic heterocycles. The van der Waals surface area contributed by atoms with Crippen molar-refractivity contribution in [1.29, 1.82) is 5.41 Å². The second-order valence-electron chi connectivity index (χ2n) is 2.75. The van der Waals surface area contributed by atoms with E-state index in [1.165, 1.54) is 0 Å². The number of nitrogens with two attached hydrogens (primary N) is 1. The van der Waals surface area contributed by atoms with Gasteiger partial charge in [-0.15, -0.1) is 5.43 Å². The second-order valence-corrected chi connectivity index (χ2v) is 2.75. The summed E-state index contributed by atoms with van der Waals surface area (Å²) in [5, 5.41) is 27.5. The summed E-state index contributed by atoms with van der Waals surface area (Å²) in [5.41, 5.74) is 7.00. The van der Waals surface area contributed by atoms with Crippen LogP contribution in [0, 0.1) is 15.5 Å². The highest BCUT2D eigenvalue weighted by Gasteiger charge is 2.11. The van der Waals surface area contributed by atoms with Gasteiger partial charge in [0, 0.05) is 6.54 Å². The number of rotatable bonds is 7. The van der Waals surface area contributed by atoms with Crippen LogP contribution in [0.1, 0.15) is 12.8 Å². The summed E-state index contributed by atoms with van der Waals surface area (Å²) >= 11 is 0. The minimum Gasteiger partial charge on any atom is -0.394 e. The van der Waals surface area contributed by atoms with Gasteiger partial charge in [0.1, 0.15) is 6.04 Å². The third-order valence-electron chi connectivity index (χ3n) is 1.55. The number of guanidine groups is 1. The van der Waals surface area contributed by atoms with Gasteiger partial charge < -0.3 is 16.2 Å². The third kappa shape index (κ3) is 7.10. The van der Waals surface area contributed by atoms with Crippen molar-refractivity contribution >= 4 is 5.96 Å². The Labute approximate surface area is 81.1 Å². The first-order valence-corrected chi connectivity index (χ1v) is 4.15. The lowest BCUT2D eigenvalue weighted by Gasteiger charge is -2.10. The summed E-state index contributed by atoms with van der Waals surface area (Å²) in [6.07, 6.45) is 1.03. The molecule has 0 aliphatic carbocycles. The van der Waals surface area contributed by atoms with E-state index in [1.807, 2.05) is 5.43 Å². The van der Waals surface area contributed by atoms with Gasteiger partial charge in [0.05, 0.1) is 6.61 Å². The molecule has 0 spiro atoms. The molecule has 0 saturated heterocycles. The first-order valence-electron chi connectivity index (χ1n) is 4.15. The number of hydrogen-bond donors (Lipinski definition) is 5. The highest BCUT2D eigenvalue weighted by Crippen LogP contribution is 1.94. The van der Waals surface area contributed by atoms with Crippen molar-refractivity contribution in [2.45, 2.75) is 18.9 Å². The maximum absolute atomic E-state index is 10.0. The zero-order valence-electron chi connectivity index (χ0n) is 7.69. The van der Waals surface area contributed by atoms with Crippen LogP contribution >= 0.6 is 0 Å². The predicted molar refractivity (Wildman–Crippen MR) is 50.2 cm³/mol. The molecule has 6 N–H and O–H groups in total. The molecule has 0 aliphatic heterocycles. The van der Waals surface area contributed by atoms with Crippen LogP contribution in [0.2, 0.25) is 0 Å². The summed E-state index contributed by atoms with van der Waals surface area (Å²) in [6.45, 7) is 0.173. The normalized spacial score (nSPS) is 11.8. The summed E-state index contributed by atoms with van der Waals surface area (Å²) in [7, 11) is 0. The number of nitro groups is 1. The quantitative estimate of drug-likeness (QED) is 0.111. The van der Waals surface area contributed by atoms with E-state index in [-0.39, 0.29) is 12.6 Å². The molecule has 0 amide bonds. The zero-order chi connectivity index (χ0) is 11.0. The van der Waals surface area contributed by atoms with Gasteiger partial charge in [-0.3, -0.25) is 5.41 Å². The van der Waals surface area contributed by atoms with Crippen LogP contribution in [-0.4, -0.2) is 35.3 Å². The van der Waals surface area contributed by atoms with E-state index in [1.54, 1.807) is 0 Å². The molecule has 0 bridgehead atoms. The van der Waals surface area contributed by atoms with E-state index in [2.05, 4.69) is 5.32 Å². The first-order chi connectivity index (χ1) is 6.56. The van der Waals surface area contributed by atoms with Crippen molar-refractivity contribution in [3.05, 3.63) is 10.1 Å². The third-order valence-corrected chi connectivity index (χ3v) is 1.55. The van der Waals surface area contributed by atoms with Crippen LogP contribution in [-0.2, 0) is 0 Å². The van der Waals surface area contributed by atoms with E-state index < -0.39 is 11.1 Å². The van der Waals surface area contributed by atoms with Crippen molar-refractivity contribution in [3.63, 3.8) is 0 Å². The number of hydrogen-bond acceptors (Lipinski definition) is 4. The van der Waals surface area contributed by atoms with Crippen LogP contribution in [0.3, 0.4) is 0 Å². The summed E-state index contributed by atoms with van der Waals surface area (Å²) < 4.78 is 0. The highest BCUT2D eigenvalue weighted by molar-refractivity contribution is 5.74. The number of aliphatic hydroxyl groups excluding tert-OH is 1. The SMILES string of the molecule is N=C(N)NCCCC(CO)N[N+](=O)[O-]. The molecule has 0 saturated carbocycles. The topological polar surface area (TPSA) is 137 Å². The molecule has 1 atom stereocenters. The molecule has 0 radical (unpaired) electrons. The molecular formula is C6H15N5O3. The maximum Gasteiger partial charge on any atom is 0.185 e. The van der Waals surface area contributed by atoms with Gasteiger partial charge >= 0.3 is 0 Å². The van der Waals surface area contributed by atoms with E-state index in [0.717, 1.165) is 0 Å². The largest absolute Gasteiger partial charge is 0.394 e. The Morgan fingerprint density at radius 2 is 2.36 bits per heavy atom. The summed E-state index contributed by atoms with van der Waals surface area (Å²) in [6, 6.07) is -0.557. The van der Waals surface area contributed by atoms with Gasteiger partial charge in [-0.05, 0) is 12.8 Å².